The fourth-order valence-corrected chi connectivity index (χ4v) is 17.4. The lowest BCUT2D eigenvalue weighted by Crippen LogP contribution is -2.35. The minimum Gasteiger partial charge on any atom is -0.481 e. The Labute approximate surface area is 835 Å². The Hall–Kier alpha value is -5.24. The van der Waals surface area contributed by atoms with Crippen LogP contribution in [-0.4, -0.2) is 321 Å². The van der Waals surface area contributed by atoms with Crippen molar-refractivity contribution in [2.75, 3.05) is 125 Å². The van der Waals surface area contributed by atoms with Gasteiger partial charge in [0.15, 0.2) is 26.5 Å². The van der Waals surface area contributed by atoms with Crippen molar-refractivity contribution >= 4 is 134 Å². The zero-order chi connectivity index (χ0) is 112. The summed E-state index contributed by atoms with van der Waals surface area (Å²) in [7, 11) is -33.2. The summed E-state index contributed by atoms with van der Waals surface area (Å²) in [6.07, 6.45) is 12.6. The van der Waals surface area contributed by atoms with Crippen molar-refractivity contribution in [3.63, 3.8) is 0 Å². The molecule has 62 heteroatoms. The first-order chi connectivity index (χ1) is 64.9. The highest BCUT2D eigenvalue weighted by Gasteiger charge is 2.57. The van der Waals surface area contributed by atoms with Gasteiger partial charge < -0.3 is 175 Å². The molecule has 844 valence electrons. The summed E-state index contributed by atoms with van der Waals surface area (Å²) in [6, 6.07) is 0. The van der Waals surface area contributed by atoms with Crippen LogP contribution in [0.15, 0.2) is 0 Å². The molecule has 0 saturated carbocycles. The van der Waals surface area contributed by atoms with E-state index in [0.29, 0.717) is 50.4 Å². The van der Waals surface area contributed by atoms with Gasteiger partial charge in [-0.05, 0) is 167 Å². The standard InChI is InChI=1S/C14H30N2O9P2.C13H28N2O9P2.C13H20N2O7.C9H22N2O7P2.C9H20.C7H15NO2.C6H12O2.C5H15NO6P2.C4H8O2/c1-13(2,3)25-12(18)16-8-9-24-10-11(17)15-7-5-6-14(4,26(19)20)27(21,22)23;1-3-5-11(16)15-8-9-24-10-12(17)14-7-4-6-13(2,25(18,19)20)26(21,22)23;1-13(2,3)21-12(19)14-6-7-20-8-11(18)22-15-9(16)4-5-10(15)17;1-9(19(13)14,20(15,16)17)3-2-5-11-8(12)7-18-6-4-10;1-3-5-7-9-8-6-4-2;1-3-4-7(9)8-5-6-10-2;1-4-6(2,3)5(7)8;1-5(3-2-4-6,13(7,8)9)14(10,11)12;1-2-3-4(5)6/h19-20H,5-10H2,1-4H3,(H,15,17)(H,16,18)(H2,21,22,23);3-10H2,1-2H3,(H,14,17)(H,15,16)(H2,18,19,20)(H2,21,22,23);4-8H2,1-3H3,(H,14,19);13-14H,2-7,10H2,1H3,(H,11,12)(H2,15,16,17);3-9H2,1-2H3;3-6H2,1-2H3,(H,8,9);4H2,1-3H3,(H,7,8);2-4,6H2,1H3,(H2,7,8,9)(H2,10,11,12);2-3H2,1H3,(H,5,6). The number of hydroxylamine groups is 2. The molecule has 1 rings (SSSR count). The zero-order valence-electron chi connectivity index (χ0n) is 85.5. The Morgan fingerprint density at radius 3 is 0.915 bits per heavy atom. The molecule has 1 aliphatic rings. The number of alkyl carbamates (subject to hydrolysis) is 2. The molecule has 2 unspecified atom stereocenters. The van der Waals surface area contributed by atoms with Gasteiger partial charge in [-0.25, -0.2) is 14.4 Å². The molecule has 0 bridgehead atoms. The molecule has 1 aliphatic heterocycles. The first-order valence-electron chi connectivity index (χ1n) is 45.6. The Morgan fingerprint density at radius 1 is 0.366 bits per heavy atom. The predicted octanol–water partition coefficient (Wildman–Crippen LogP) is 6.17. The number of imide groups is 1. The van der Waals surface area contributed by atoms with Crippen LogP contribution in [0, 0.1) is 5.41 Å². The third-order valence-electron chi connectivity index (χ3n) is 18.9. The number of methoxy groups -OCH3 is 1. The first kappa shape index (κ1) is 152. The molecule has 0 aliphatic carbocycles. The normalized spacial score (nSPS) is 13.2. The molecular weight excluding hydrogens is 2050 g/mol. The van der Waals surface area contributed by atoms with Crippen LogP contribution in [0.25, 0.3) is 0 Å². The Morgan fingerprint density at radius 2 is 0.662 bits per heavy atom. The Bertz CT molecular complexity index is 3790. The second-order valence-corrected chi connectivity index (χ2v) is 51.5. The third kappa shape index (κ3) is 78.9. The fourth-order valence-electron chi connectivity index (χ4n) is 9.37. The summed E-state index contributed by atoms with van der Waals surface area (Å²) in [5.74, 6) is -4.68. The average molecular weight is 2220 g/mol. The Balaban J connectivity index is -0.000000246. The van der Waals surface area contributed by atoms with E-state index in [1.54, 1.807) is 62.5 Å². The number of unbranched alkanes of at least 4 members (excludes halogenated alkanes) is 6. The monoisotopic (exact) mass is 2220 g/mol. The van der Waals surface area contributed by atoms with Gasteiger partial charge in [-0.3, -0.25) is 70.5 Å². The molecule has 0 aromatic heterocycles. The summed E-state index contributed by atoms with van der Waals surface area (Å²) in [5, 5.41) is 34.5. The second kappa shape index (κ2) is 80.7. The van der Waals surface area contributed by atoms with Crippen LogP contribution in [0.1, 0.15) is 279 Å². The molecule has 0 radical (unpaired) electrons. The molecule has 29 N–H and O–H groups in total. The Kier molecular flexibility index (Phi) is 86.4. The lowest BCUT2D eigenvalue weighted by Gasteiger charge is -2.30. The van der Waals surface area contributed by atoms with E-state index in [9.17, 15) is 124 Å². The van der Waals surface area contributed by atoms with Crippen molar-refractivity contribution in [1.82, 2.24) is 42.3 Å². The van der Waals surface area contributed by atoms with Crippen molar-refractivity contribution in [3.05, 3.63) is 0 Å². The fraction of sp³-hybridized carbons (Fsp3) is 0.850. The number of carbonyl (C=O) groups excluding carboxylic acids is 10. The number of rotatable bonds is 60. The summed E-state index contributed by atoms with van der Waals surface area (Å²) < 4.78 is 102. The van der Waals surface area contributed by atoms with Crippen LogP contribution in [0.5, 0.6) is 0 Å². The lowest BCUT2D eigenvalue weighted by molar-refractivity contribution is -0.200. The van der Waals surface area contributed by atoms with Crippen LogP contribution in [-0.2, 0) is 113 Å². The van der Waals surface area contributed by atoms with Gasteiger partial charge in [-0.2, -0.15) is 0 Å². The summed E-state index contributed by atoms with van der Waals surface area (Å²) in [6.45, 7) is 31.8. The maximum Gasteiger partial charge on any atom is 0.407 e. The molecule has 1 heterocycles. The summed E-state index contributed by atoms with van der Waals surface area (Å²) in [5.41, 5.74) is 8.55. The van der Waals surface area contributed by atoms with E-state index in [-0.39, 0.29) is 168 Å². The summed E-state index contributed by atoms with van der Waals surface area (Å²) in [4.78, 5) is 275. The number of ether oxygens (including phenoxy) is 7. The van der Waals surface area contributed by atoms with Crippen LogP contribution in [0.4, 0.5) is 9.59 Å². The highest BCUT2D eigenvalue weighted by molar-refractivity contribution is 7.73. The van der Waals surface area contributed by atoms with Gasteiger partial charge in [0.05, 0.1) is 38.4 Å². The first-order valence-corrected chi connectivity index (χ1v) is 57.8. The quantitative estimate of drug-likeness (QED) is 0.0184. The SMILES string of the molecule is CC(C)(C)OC(=O)NCCOCC(=O)NCCCC(C)(P(O)O)P(=O)(O)O.CC(C)(C)OC(=O)NCCOCC(=O)ON1C(=O)CCC1=O.CC(CCCN)(P(=O)(O)O)P(=O)(O)O.CC(CCCNC(=O)COCCN)(P(O)O)P(=O)(O)O.CCC(C)(C)C(=O)O.CCCC(=O)NCCOC.CCCC(=O)NCCOCC(=O)NCCCC(C)(P(=O)(O)O)P(=O)(O)O.CCCC(=O)O.CCCCCCCCC. The average Bonchev–Trinajstić information content (AvgIpc) is 0.909. The van der Waals surface area contributed by atoms with Crippen LogP contribution in [0.2, 0.25) is 0 Å². The molecule has 9 amide bonds. The molecule has 1 fully saturated rings. The van der Waals surface area contributed by atoms with Gasteiger partial charge in [-0.1, -0.05) is 86.5 Å². The maximum atomic E-state index is 11.6. The minimum atomic E-state index is -5.05. The third-order valence-corrected chi connectivity index (χ3v) is 35.7. The molecule has 1 saturated heterocycles. The van der Waals surface area contributed by atoms with Gasteiger partial charge in [0.2, 0.25) is 29.5 Å². The topological polar surface area (TPSA) is 885 Å². The molecular formula is C80H170N10O44P8. The van der Waals surface area contributed by atoms with E-state index in [4.69, 9.17) is 94.0 Å². The smallest absolute Gasteiger partial charge is 0.407 e. The number of carboxylic acids is 2. The lowest BCUT2D eigenvalue weighted by atomic mass is 9.91. The van der Waals surface area contributed by atoms with Crippen molar-refractivity contribution in [3.8, 4) is 0 Å². The van der Waals surface area contributed by atoms with E-state index in [0.717, 1.165) is 47.0 Å². The molecule has 0 aromatic rings. The molecule has 142 heavy (non-hydrogen) atoms. The number of nitrogens with two attached hydrogens (primary N) is 2. The number of aliphatic carboxylic acids is 2. The van der Waals surface area contributed by atoms with E-state index < -0.39 is 165 Å². The van der Waals surface area contributed by atoms with Gasteiger partial charge in [0, 0.05) is 91.6 Å². The van der Waals surface area contributed by atoms with Gasteiger partial charge >= 0.3 is 75.7 Å². The van der Waals surface area contributed by atoms with Crippen molar-refractivity contribution < 1.29 is 211 Å². The highest BCUT2D eigenvalue weighted by Crippen LogP contribution is 2.72. The number of carbonyl (C=O) groups is 12. The van der Waals surface area contributed by atoms with Crippen LogP contribution in [0.3, 0.4) is 0 Å². The van der Waals surface area contributed by atoms with E-state index in [1.807, 2.05) is 27.7 Å². The van der Waals surface area contributed by atoms with Gasteiger partial charge in [-0.15, -0.1) is 5.06 Å². The van der Waals surface area contributed by atoms with E-state index in [1.165, 1.54) is 44.9 Å². The largest absolute Gasteiger partial charge is 0.481 e. The van der Waals surface area contributed by atoms with Crippen molar-refractivity contribution in [2.24, 2.45) is 16.9 Å². The van der Waals surface area contributed by atoms with Crippen molar-refractivity contribution in [2.45, 2.75) is 310 Å². The predicted molar refractivity (Wildman–Crippen MR) is 527 cm³/mol. The van der Waals surface area contributed by atoms with Crippen molar-refractivity contribution in [1.29, 1.82) is 0 Å². The number of amides is 9. The molecule has 0 aromatic carbocycles. The molecule has 2 atom stereocenters. The molecule has 54 nitrogen and oxygen atoms in total. The van der Waals surface area contributed by atoms with Gasteiger partial charge in [0.25, 0.3) is 11.8 Å². The summed E-state index contributed by atoms with van der Waals surface area (Å²) >= 11 is 0. The van der Waals surface area contributed by atoms with E-state index >= 15 is 0 Å². The molecule has 0 spiro atoms. The second-order valence-electron chi connectivity index (χ2n) is 34.5. The number of carboxylic acid groups (broad SMARTS) is 2. The van der Waals surface area contributed by atoms with Crippen LogP contribution < -0.4 is 48.7 Å². The number of hydrogen-bond acceptors (Lipinski definition) is 32. The number of nitrogens with one attached hydrogen (secondary N) is 7. The van der Waals surface area contributed by atoms with Gasteiger partial charge in [0.1, 0.15) is 47.4 Å². The number of hydrogen-bond donors (Lipinski definition) is 27. The minimum absolute atomic E-state index is 0.0228. The number of nitrogens with zero attached hydrogens (tertiary/aromatic N) is 1. The van der Waals surface area contributed by atoms with Crippen LogP contribution >= 0.6 is 62.3 Å². The zero-order valence-corrected chi connectivity index (χ0v) is 92.7. The van der Waals surface area contributed by atoms with E-state index in [2.05, 4.69) is 55.9 Å². The highest BCUT2D eigenvalue weighted by atomic mass is 31.2. The maximum absolute atomic E-state index is 11.6.